The first kappa shape index (κ1) is 17.6. The standard InChI is InChI=1S/C26H21NO2/c1-2-18(28)16-23-19-12-6-8-14-21(19)25-24(17-10-4-3-5-11-17)20-13-7-9-15-22(20)26(29)27(23)25/h3-15,23H,2,16H2,1H3. The second-order valence-corrected chi connectivity index (χ2v) is 7.51. The van der Waals surface area contributed by atoms with Crippen LogP contribution in [0.3, 0.4) is 0 Å². The molecule has 29 heavy (non-hydrogen) atoms. The van der Waals surface area contributed by atoms with Crippen molar-refractivity contribution >= 4 is 16.6 Å². The minimum atomic E-state index is -0.256. The number of Topliss-reactive ketones (excluding diaryl/α,β-unsaturated/α-hetero) is 1. The predicted molar refractivity (Wildman–Crippen MR) is 117 cm³/mol. The van der Waals surface area contributed by atoms with Gasteiger partial charge in [0.15, 0.2) is 0 Å². The van der Waals surface area contributed by atoms with Crippen LogP contribution in [-0.4, -0.2) is 10.4 Å². The third-order valence-electron chi connectivity index (χ3n) is 5.89. The lowest BCUT2D eigenvalue weighted by atomic mass is 9.93. The molecule has 0 radical (unpaired) electrons. The smallest absolute Gasteiger partial charge is 0.259 e. The number of ketones is 1. The van der Waals surface area contributed by atoms with Crippen molar-refractivity contribution in [1.29, 1.82) is 0 Å². The van der Waals surface area contributed by atoms with Gasteiger partial charge >= 0.3 is 0 Å². The lowest BCUT2D eigenvalue weighted by Gasteiger charge is -2.19. The number of carbonyl (C=O) groups excluding carboxylic acids is 1. The number of rotatable bonds is 4. The van der Waals surface area contributed by atoms with Gasteiger partial charge in [-0.05, 0) is 22.6 Å². The number of carbonyl (C=O) groups is 1. The molecule has 2 heterocycles. The van der Waals surface area contributed by atoms with Crippen LogP contribution in [0.4, 0.5) is 0 Å². The Bertz CT molecular complexity index is 1300. The Kier molecular flexibility index (Phi) is 4.17. The molecule has 0 N–H and O–H groups in total. The first-order chi connectivity index (χ1) is 14.2. The molecule has 0 fully saturated rings. The van der Waals surface area contributed by atoms with E-state index in [1.165, 1.54) is 0 Å². The summed E-state index contributed by atoms with van der Waals surface area (Å²) < 4.78 is 1.86. The number of hydrogen-bond acceptors (Lipinski definition) is 2. The summed E-state index contributed by atoms with van der Waals surface area (Å²) in [5.41, 5.74) is 5.12. The van der Waals surface area contributed by atoms with E-state index in [2.05, 4.69) is 24.3 Å². The SMILES string of the molecule is CCC(=O)CC1c2ccccc2-c2c(-c3ccccc3)c3ccccc3c(=O)n21. The van der Waals surface area contributed by atoms with Crippen LogP contribution in [0, 0.1) is 0 Å². The van der Waals surface area contributed by atoms with E-state index < -0.39 is 0 Å². The van der Waals surface area contributed by atoms with Gasteiger partial charge in [-0.3, -0.25) is 14.2 Å². The van der Waals surface area contributed by atoms with Gasteiger partial charge in [-0.15, -0.1) is 0 Å². The molecular formula is C26H21NO2. The van der Waals surface area contributed by atoms with E-state index in [9.17, 15) is 9.59 Å². The Morgan fingerprint density at radius 2 is 1.52 bits per heavy atom. The van der Waals surface area contributed by atoms with Crippen LogP contribution in [0.25, 0.3) is 33.2 Å². The van der Waals surface area contributed by atoms with E-state index in [4.69, 9.17) is 0 Å². The molecule has 5 rings (SSSR count). The molecule has 142 valence electrons. The fourth-order valence-corrected chi connectivity index (χ4v) is 4.53. The van der Waals surface area contributed by atoms with Gasteiger partial charge in [-0.1, -0.05) is 79.7 Å². The van der Waals surface area contributed by atoms with Gasteiger partial charge in [-0.25, -0.2) is 0 Å². The molecule has 0 bridgehead atoms. The van der Waals surface area contributed by atoms with E-state index in [1.54, 1.807) is 0 Å². The monoisotopic (exact) mass is 379 g/mol. The van der Waals surface area contributed by atoms with Gasteiger partial charge in [0.1, 0.15) is 5.78 Å². The Morgan fingerprint density at radius 3 is 2.28 bits per heavy atom. The van der Waals surface area contributed by atoms with Gasteiger partial charge in [0.25, 0.3) is 5.56 Å². The van der Waals surface area contributed by atoms with Crippen molar-refractivity contribution in [2.75, 3.05) is 0 Å². The van der Waals surface area contributed by atoms with Crippen LogP contribution in [0.2, 0.25) is 0 Å². The second-order valence-electron chi connectivity index (χ2n) is 7.51. The molecule has 4 aromatic rings. The van der Waals surface area contributed by atoms with Crippen LogP contribution < -0.4 is 5.56 Å². The molecule has 3 aromatic carbocycles. The van der Waals surface area contributed by atoms with Gasteiger partial charge in [-0.2, -0.15) is 0 Å². The van der Waals surface area contributed by atoms with Gasteiger partial charge in [0.2, 0.25) is 0 Å². The largest absolute Gasteiger partial charge is 0.300 e. The molecule has 3 heteroatoms. The summed E-state index contributed by atoms with van der Waals surface area (Å²) in [4.78, 5) is 26.0. The molecule has 1 unspecified atom stereocenters. The van der Waals surface area contributed by atoms with E-state index in [1.807, 2.05) is 66.1 Å². The fraction of sp³-hybridized carbons (Fsp3) is 0.154. The number of pyridine rings is 1. The van der Waals surface area contributed by atoms with E-state index in [-0.39, 0.29) is 17.4 Å². The molecule has 0 saturated carbocycles. The highest BCUT2D eigenvalue weighted by molar-refractivity contribution is 6.04. The summed E-state index contributed by atoms with van der Waals surface area (Å²) in [6.07, 6.45) is 0.814. The third-order valence-corrected chi connectivity index (χ3v) is 5.89. The Labute approximate surface area is 169 Å². The minimum Gasteiger partial charge on any atom is -0.300 e. The molecule has 1 aromatic heterocycles. The Morgan fingerprint density at radius 1 is 0.862 bits per heavy atom. The highest BCUT2D eigenvalue weighted by atomic mass is 16.1. The van der Waals surface area contributed by atoms with Crippen molar-refractivity contribution in [3.05, 3.63) is 94.8 Å². The number of aromatic nitrogens is 1. The molecule has 0 amide bonds. The zero-order valence-corrected chi connectivity index (χ0v) is 16.3. The zero-order chi connectivity index (χ0) is 20.0. The number of hydrogen-bond donors (Lipinski definition) is 0. The summed E-state index contributed by atoms with van der Waals surface area (Å²) in [6, 6.07) is 25.8. The number of fused-ring (bicyclic) bond motifs is 4. The maximum atomic E-state index is 13.6. The quantitative estimate of drug-likeness (QED) is 0.462. The summed E-state index contributed by atoms with van der Waals surface area (Å²) in [5, 5.41) is 1.64. The fourth-order valence-electron chi connectivity index (χ4n) is 4.53. The van der Waals surface area contributed by atoms with Crippen LogP contribution in [-0.2, 0) is 4.79 Å². The highest BCUT2D eigenvalue weighted by Crippen LogP contribution is 2.46. The van der Waals surface area contributed by atoms with Crippen molar-refractivity contribution in [3.63, 3.8) is 0 Å². The lowest BCUT2D eigenvalue weighted by molar-refractivity contribution is -0.119. The first-order valence-corrected chi connectivity index (χ1v) is 10.0. The zero-order valence-electron chi connectivity index (χ0n) is 16.3. The molecule has 0 aliphatic carbocycles. The lowest BCUT2D eigenvalue weighted by Crippen LogP contribution is -2.25. The van der Waals surface area contributed by atoms with E-state index in [0.29, 0.717) is 18.2 Å². The van der Waals surface area contributed by atoms with Crippen LogP contribution in [0.1, 0.15) is 31.4 Å². The van der Waals surface area contributed by atoms with Crippen LogP contribution in [0.5, 0.6) is 0 Å². The summed E-state index contributed by atoms with van der Waals surface area (Å²) in [5.74, 6) is 0.166. The second kappa shape index (κ2) is 6.85. The topological polar surface area (TPSA) is 39.1 Å². The number of benzene rings is 3. The molecule has 0 spiro atoms. The Balaban J connectivity index is 1.94. The minimum absolute atomic E-state index is 0.0274. The van der Waals surface area contributed by atoms with E-state index >= 15 is 0 Å². The van der Waals surface area contributed by atoms with E-state index in [0.717, 1.165) is 33.3 Å². The first-order valence-electron chi connectivity index (χ1n) is 10.0. The van der Waals surface area contributed by atoms with Gasteiger partial charge in [0.05, 0.1) is 11.7 Å². The summed E-state index contributed by atoms with van der Waals surface area (Å²) in [7, 11) is 0. The maximum absolute atomic E-state index is 13.6. The maximum Gasteiger partial charge on any atom is 0.259 e. The summed E-state index contributed by atoms with van der Waals surface area (Å²) in [6.45, 7) is 1.88. The van der Waals surface area contributed by atoms with Crippen molar-refractivity contribution in [2.24, 2.45) is 0 Å². The average Bonchev–Trinajstić information content (AvgIpc) is 3.09. The van der Waals surface area contributed by atoms with Gasteiger partial charge in [0, 0.05) is 29.4 Å². The van der Waals surface area contributed by atoms with Crippen LogP contribution in [0.15, 0.2) is 83.7 Å². The van der Waals surface area contributed by atoms with Crippen molar-refractivity contribution < 1.29 is 4.79 Å². The van der Waals surface area contributed by atoms with Gasteiger partial charge < -0.3 is 0 Å². The third kappa shape index (κ3) is 2.65. The molecule has 1 aliphatic rings. The normalized spacial score (nSPS) is 14.6. The van der Waals surface area contributed by atoms with Crippen LogP contribution >= 0.6 is 0 Å². The summed E-state index contributed by atoms with van der Waals surface area (Å²) >= 11 is 0. The van der Waals surface area contributed by atoms with Crippen molar-refractivity contribution in [3.8, 4) is 22.4 Å². The number of nitrogens with zero attached hydrogens (tertiary/aromatic N) is 1. The predicted octanol–water partition coefficient (Wildman–Crippen LogP) is 5.61. The molecular weight excluding hydrogens is 358 g/mol. The molecule has 1 atom stereocenters. The molecule has 0 saturated heterocycles. The van der Waals surface area contributed by atoms with Crippen molar-refractivity contribution in [1.82, 2.24) is 4.57 Å². The Hall–Kier alpha value is -3.46. The molecule has 1 aliphatic heterocycles. The highest BCUT2D eigenvalue weighted by Gasteiger charge is 2.34. The van der Waals surface area contributed by atoms with Crippen molar-refractivity contribution in [2.45, 2.75) is 25.8 Å². The average molecular weight is 379 g/mol. The molecule has 3 nitrogen and oxygen atoms in total.